The molecule has 0 saturated carbocycles. The van der Waals surface area contributed by atoms with Crippen LogP contribution in [0.5, 0.6) is 5.75 Å². The zero-order valence-electron chi connectivity index (χ0n) is 13.2. The molecule has 25 heavy (non-hydrogen) atoms. The number of ether oxygens (including phenoxy) is 1. The number of para-hydroxylation sites is 1. The second kappa shape index (κ2) is 7.81. The van der Waals surface area contributed by atoms with Crippen LogP contribution in [-0.4, -0.2) is 22.3 Å². The van der Waals surface area contributed by atoms with Gasteiger partial charge in [-0.05, 0) is 29.8 Å². The van der Waals surface area contributed by atoms with Gasteiger partial charge in [-0.3, -0.25) is 4.79 Å². The van der Waals surface area contributed by atoms with Gasteiger partial charge >= 0.3 is 0 Å². The summed E-state index contributed by atoms with van der Waals surface area (Å²) in [5.41, 5.74) is 0.992. The van der Waals surface area contributed by atoms with E-state index >= 15 is 0 Å². The summed E-state index contributed by atoms with van der Waals surface area (Å²) in [7, 11) is 0. The maximum Gasteiger partial charge on any atom is 0.263 e. The molecule has 3 rings (SSSR count). The number of aromatic nitrogens is 2. The topological polar surface area (TPSA) is 56.1 Å². The quantitative estimate of drug-likeness (QED) is 0.729. The highest BCUT2D eigenvalue weighted by atomic mass is 35.5. The van der Waals surface area contributed by atoms with Gasteiger partial charge in [0.2, 0.25) is 0 Å². The molecule has 0 aliphatic heterocycles. The second-order valence-corrected chi connectivity index (χ2v) is 5.70. The summed E-state index contributed by atoms with van der Waals surface area (Å²) in [5, 5.41) is 7.54. The van der Waals surface area contributed by atoms with Gasteiger partial charge in [-0.2, -0.15) is 5.10 Å². The first-order chi connectivity index (χ1) is 12.1. The first-order valence-electron chi connectivity index (χ1n) is 7.55. The molecule has 0 spiro atoms. The van der Waals surface area contributed by atoms with Crippen molar-refractivity contribution in [1.29, 1.82) is 0 Å². The van der Waals surface area contributed by atoms with Crippen LogP contribution in [0.25, 0.3) is 0 Å². The van der Waals surface area contributed by atoms with Gasteiger partial charge in [-0.1, -0.05) is 35.9 Å². The van der Waals surface area contributed by atoms with Crippen molar-refractivity contribution >= 4 is 23.3 Å². The molecule has 128 valence electrons. The summed E-state index contributed by atoms with van der Waals surface area (Å²) in [4.78, 5) is 12.0. The molecular formula is C18H15ClFN3O2. The Kier molecular flexibility index (Phi) is 5.30. The van der Waals surface area contributed by atoms with Crippen LogP contribution < -0.4 is 10.1 Å². The molecule has 1 heterocycles. The number of carbonyl (C=O) groups excluding carboxylic acids is 1. The van der Waals surface area contributed by atoms with Crippen LogP contribution >= 0.6 is 11.6 Å². The summed E-state index contributed by atoms with van der Waals surface area (Å²) in [5.74, 6) is -0.353. The lowest BCUT2D eigenvalue weighted by molar-refractivity contribution is -0.118. The molecule has 0 aliphatic rings. The number of amides is 1. The molecule has 2 aromatic carbocycles. The van der Waals surface area contributed by atoms with E-state index in [-0.39, 0.29) is 12.4 Å². The molecule has 0 unspecified atom stereocenters. The maximum absolute atomic E-state index is 13.5. The molecule has 5 nitrogen and oxygen atoms in total. The number of hydrogen-bond donors (Lipinski definition) is 1. The van der Waals surface area contributed by atoms with Crippen molar-refractivity contribution < 1.29 is 13.9 Å². The Hall–Kier alpha value is -2.86. The van der Waals surface area contributed by atoms with Gasteiger partial charge in [-0.15, -0.1) is 0 Å². The third kappa shape index (κ3) is 4.58. The van der Waals surface area contributed by atoms with Gasteiger partial charge in [0.05, 0.1) is 12.7 Å². The van der Waals surface area contributed by atoms with Crippen LogP contribution in [0, 0.1) is 5.82 Å². The molecule has 1 aromatic heterocycles. The molecule has 0 fully saturated rings. The van der Waals surface area contributed by atoms with Crippen molar-refractivity contribution in [3.8, 4) is 5.75 Å². The molecule has 3 aromatic rings. The van der Waals surface area contributed by atoms with Crippen molar-refractivity contribution in [2.24, 2.45) is 0 Å². The monoisotopic (exact) mass is 359 g/mol. The Morgan fingerprint density at radius 1 is 1.16 bits per heavy atom. The number of carbonyl (C=O) groups is 1. The fourth-order valence-electron chi connectivity index (χ4n) is 2.21. The smallest absolute Gasteiger partial charge is 0.263 e. The molecule has 7 heteroatoms. The highest BCUT2D eigenvalue weighted by Crippen LogP contribution is 2.16. The van der Waals surface area contributed by atoms with E-state index in [1.165, 1.54) is 12.1 Å². The highest BCUT2D eigenvalue weighted by molar-refractivity contribution is 6.30. The second-order valence-electron chi connectivity index (χ2n) is 5.27. The Bertz CT molecular complexity index is 865. The Morgan fingerprint density at radius 2 is 1.92 bits per heavy atom. The zero-order chi connectivity index (χ0) is 17.6. The average Bonchev–Trinajstić information content (AvgIpc) is 3.03. The summed E-state index contributed by atoms with van der Waals surface area (Å²) in [6.45, 7) is 0.182. The van der Waals surface area contributed by atoms with Crippen LogP contribution in [0.3, 0.4) is 0 Å². The molecule has 1 N–H and O–H groups in total. The van der Waals surface area contributed by atoms with E-state index in [9.17, 15) is 9.18 Å². The first-order valence-corrected chi connectivity index (χ1v) is 7.93. The molecule has 0 atom stereocenters. The third-order valence-corrected chi connectivity index (χ3v) is 3.68. The summed E-state index contributed by atoms with van der Waals surface area (Å²) >= 11 is 5.87. The molecular weight excluding hydrogens is 345 g/mol. The van der Waals surface area contributed by atoms with Gasteiger partial charge in [0, 0.05) is 11.1 Å². The van der Waals surface area contributed by atoms with Crippen molar-refractivity contribution in [2.45, 2.75) is 6.54 Å². The van der Waals surface area contributed by atoms with Gasteiger partial charge < -0.3 is 10.1 Å². The first kappa shape index (κ1) is 17.0. The van der Waals surface area contributed by atoms with Gasteiger partial charge in [0.25, 0.3) is 5.91 Å². The largest absolute Gasteiger partial charge is 0.481 e. The molecule has 0 radical (unpaired) electrons. The minimum absolute atomic E-state index is 0.0346. The summed E-state index contributed by atoms with van der Waals surface area (Å²) in [6.07, 6.45) is 1.59. The van der Waals surface area contributed by atoms with E-state index in [1.54, 1.807) is 41.2 Å². The Morgan fingerprint density at radius 3 is 2.68 bits per heavy atom. The van der Waals surface area contributed by atoms with Crippen LogP contribution in [0.1, 0.15) is 5.56 Å². The van der Waals surface area contributed by atoms with Crippen LogP contribution in [0.4, 0.5) is 10.2 Å². The van der Waals surface area contributed by atoms with Crippen molar-refractivity contribution in [3.63, 3.8) is 0 Å². The summed E-state index contributed by atoms with van der Waals surface area (Å²) < 4.78 is 20.3. The lowest BCUT2D eigenvalue weighted by atomic mass is 10.2. The Balaban J connectivity index is 1.59. The zero-order valence-corrected chi connectivity index (χ0v) is 13.9. The van der Waals surface area contributed by atoms with Gasteiger partial charge in [-0.25, -0.2) is 9.07 Å². The van der Waals surface area contributed by atoms with Gasteiger partial charge in [0.15, 0.2) is 18.2 Å². The van der Waals surface area contributed by atoms with Crippen LogP contribution in [0.15, 0.2) is 60.8 Å². The minimum Gasteiger partial charge on any atom is -0.481 e. The van der Waals surface area contributed by atoms with E-state index in [2.05, 4.69) is 10.4 Å². The van der Waals surface area contributed by atoms with E-state index in [0.29, 0.717) is 17.4 Å². The number of anilines is 1. The number of hydrogen-bond acceptors (Lipinski definition) is 3. The fraction of sp³-hybridized carbons (Fsp3) is 0.111. The predicted octanol–water partition coefficient (Wildman–Crippen LogP) is 3.74. The van der Waals surface area contributed by atoms with Crippen LogP contribution in [-0.2, 0) is 11.3 Å². The van der Waals surface area contributed by atoms with E-state index in [1.807, 2.05) is 12.1 Å². The molecule has 0 bridgehead atoms. The van der Waals surface area contributed by atoms with E-state index in [4.69, 9.17) is 16.3 Å². The molecule has 0 aliphatic carbocycles. The number of nitrogens with zero attached hydrogens (tertiary/aromatic N) is 2. The number of halogens is 2. The standard InChI is InChI=1S/C18H15ClFN3O2/c19-14-7-5-13(6-8-14)11-23-17(9-10-21-23)22-18(24)12-25-16-4-2-1-3-15(16)20/h1-10H,11-12H2,(H,22,24). The number of nitrogens with one attached hydrogen (secondary N) is 1. The lowest BCUT2D eigenvalue weighted by Crippen LogP contribution is -2.22. The molecule has 1 amide bonds. The fourth-order valence-corrected chi connectivity index (χ4v) is 2.34. The normalized spacial score (nSPS) is 10.5. The number of rotatable bonds is 6. The van der Waals surface area contributed by atoms with Crippen molar-refractivity contribution in [3.05, 3.63) is 77.2 Å². The van der Waals surface area contributed by atoms with Crippen molar-refractivity contribution in [2.75, 3.05) is 11.9 Å². The average molecular weight is 360 g/mol. The lowest BCUT2D eigenvalue weighted by Gasteiger charge is -2.10. The highest BCUT2D eigenvalue weighted by Gasteiger charge is 2.10. The molecule has 0 saturated heterocycles. The van der Waals surface area contributed by atoms with Gasteiger partial charge in [0.1, 0.15) is 5.82 Å². The van der Waals surface area contributed by atoms with E-state index < -0.39 is 11.7 Å². The Labute approximate surface area is 149 Å². The third-order valence-electron chi connectivity index (χ3n) is 3.43. The summed E-state index contributed by atoms with van der Waals surface area (Å²) in [6, 6.07) is 15.0. The van der Waals surface area contributed by atoms with Crippen LogP contribution in [0.2, 0.25) is 5.02 Å². The predicted molar refractivity (Wildman–Crippen MR) is 93.3 cm³/mol. The van der Waals surface area contributed by atoms with E-state index in [0.717, 1.165) is 5.56 Å². The number of benzene rings is 2. The maximum atomic E-state index is 13.5. The minimum atomic E-state index is -0.511. The van der Waals surface area contributed by atoms with Crippen molar-refractivity contribution in [1.82, 2.24) is 9.78 Å². The SMILES string of the molecule is O=C(COc1ccccc1F)Nc1ccnn1Cc1ccc(Cl)cc1.